The van der Waals surface area contributed by atoms with Crippen LogP contribution in [-0.2, 0) is 23.0 Å². The van der Waals surface area contributed by atoms with Crippen molar-refractivity contribution in [2.24, 2.45) is 11.8 Å². The van der Waals surface area contributed by atoms with Gasteiger partial charge in [-0.15, -0.1) is 0 Å². The van der Waals surface area contributed by atoms with Crippen LogP contribution < -0.4 is 29.6 Å². The van der Waals surface area contributed by atoms with Gasteiger partial charge in [0.1, 0.15) is 10.1 Å². The molecule has 0 spiro atoms. The van der Waals surface area contributed by atoms with Crippen LogP contribution in [0.1, 0.15) is 24.0 Å². The third-order valence-corrected chi connectivity index (χ3v) is 5.95. The Morgan fingerprint density at radius 2 is 1.53 bits per heavy atom. The summed E-state index contributed by atoms with van der Waals surface area (Å²) in [5.41, 5.74) is 2.12. The van der Waals surface area contributed by atoms with Gasteiger partial charge in [-0.2, -0.15) is 0 Å². The van der Waals surface area contributed by atoms with Crippen molar-refractivity contribution in [3.05, 3.63) is 35.4 Å². The zero-order chi connectivity index (χ0) is 13.0. The molecule has 2 aliphatic carbocycles. The zero-order valence-electron chi connectivity index (χ0n) is 10.9. The first-order chi connectivity index (χ1) is 8.43. The summed E-state index contributed by atoms with van der Waals surface area (Å²) >= 11 is 0. The van der Waals surface area contributed by atoms with E-state index in [9.17, 15) is 18.1 Å². The maximum Gasteiger partial charge on any atom is 1.00 e. The number of hydrogen-bond donors (Lipinski definition) is 1. The van der Waals surface area contributed by atoms with Gasteiger partial charge in [0.15, 0.2) is 4.93 Å². The zero-order valence-corrected chi connectivity index (χ0v) is 13.7. The summed E-state index contributed by atoms with van der Waals surface area (Å²) in [5.74, 6) is -0.928. The first-order valence-corrected chi connectivity index (χ1v) is 7.58. The minimum atomic E-state index is -4.70. The van der Waals surface area contributed by atoms with Gasteiger partial charge in [-0.3, -0.25) is 0 Å². The molecule has 6 heteroatoms. The average molecular weight is 290 g/mol. The molecule has 0 radical (unpaired) electrons. The van der Waals surface area contributed by atoms with E-state index in [1.165, 1.54) is 0 Å². The molecule has 1 fully saturated rings. The first kappa shape index (κ1) is 15.5. The van der Waals surface area contributed by atoms with E-state index in [0.717, 1.165) is 11.1 Å². The van der Waals surface area contributed by atoms with E-state index in [2.05, 4.69) is 0 Å². The summed E-state index contributed by atoms with van der Waals surface area (Å²) in [4.78, 5) is -2.08. The maximum absolute atomic E-state index is 11.5. The molecule has 1 aromatic rings. The largest absolute Gasteiger partial charge is 1.00 e. The van der Waals surface area contributed by atoms with Crippen LogP contribution in [-0.4, -0.2) is 23.0 Å². The number of benzene rings is 1. The van der Waals surface area contributed by atoms with Crippen LogP contribution in [0.5, 0.6) is 0 Å². The normalized spacial score (nSPS) is 33.2. The van der Waals surface area contributed by atoms with Crippen LogP contribution >= 0.6 is 0 Å². The van der Waals surface area contributed by atoms with E-state index in [1.807, 2.05) is 24.3 Å². The number of hydrogen-bond acceptors (Lipinski definition) is 4. The smallest absolute Gasteiger partial charge is 0.746 e. The molecule has 2 aliphatic rings. The summed E-state index contributed by atoms with van der Waals surface area (Å²) in [6.45, 7) is 0. The van der Waals surface area contributed by atoms with Crippen molar-refractivity contribution in [1.29, 1.82) is 0 Å². The molecular weight excluding hydrogens is 275 g/mol. The molecule has 2 bridgehead atoms. The minimum absolute atomic E-state index is 0. The van der Waals surface area contributed by atoms with E-state index in [1.54, 1.807) is 0 Å². The monoisotopic (exact) mass is 290 g/mol. The summed E-state index contributed by atoms with van der Waals surface area (Å²) in [7, 11) is -4.70. The Kier molecular flexibility index (Phi) is 4.18. The van der Waals surface area contributed by atoms with Crippen LogP contribution in [0.3, 0.4) is 0 Å². The second-order valence-corrected chi connectivity index (χ2v) is 6.92. The molecule has 19 heavy (non-hydrogen) atoms. The van der Waals surface area contributed by atoms with Crippen molar-refractivity contribution in [3.8, 4) is 0 Å². The second kappa shape index (κ2) is 5.13. The fourth-order valence-corrected chi connectivity index (χ4v) is 4.76. The van der Waals surface area contributed by atoms with E-state index >= 15 is 0 Å². The summed E-state index contributed by atoms with van der Waals surface area (Å²) in [5, 5.41) is 10.5. The molecule has 4 nitrogen and oxygen atoms in total. The van der Waals surface area contributed by atoms with Crippen molar-refractivity contribution in [2.45, 2.75) is 30.6 Å². The molecule has 0 amide bonds. The van der Waals surface area contributed by atoms with Crippen LogP contribution in [0, 0.1) is 11.8 Å². The van der Waals surface area contributed by atoms with E-state index in [0.29, 0.717) is 25.7 Å². The first-order valence-electron chi connectivity index (χ1n) is 6.17. The molecular formula is C13H15NaO4S. The molecule has 1 aromatic carbocycles. The SMILES string of the molecule is O=S(=O)([O-])C1(O)C2CCC1Cc1ccccc1C2.[Na+]. The Hall–Kier alpha value is 0.0900. The van der Waals surface area contributed by atoms with E-state index in [-0.39, 0.29) is 29.6 Å². The van der Waals surface area contributed by atoms with Crippen molar-refractivity contribution >= 4 is 10.1 Å². The molecule has 0 aromatic heterocycles. The molecule has 2 unspecified atom stereocenters. The minimum Gasteiger partial charge on any atom is -0.746 e. The Bertz CT molecular complexity index is 551. The van der Waals surface area contributed by atoms with Gasteiger partial charge in [0.05, 0.1) is 0 Å². The predicted octanol–water partition coefficient (Wildman–Crippen LogP) is -1.95. The van der Waals surface area contributed by atoms with Gasteiger partial charge >= 0.3 is 29.6 Å². The topological polar surface area (TPSA) is 77.4 Å². The summed E-state index contributed by atoms with van der Waals surface area (Å²) < 4.78 is 34.4. The standard InChI is InChI=1S/C13H16O4S.Na/c14-13(18(15,16)17)11-5-6-12(13)8-10-4-2-1-3-9(10)7-11;/h1-4,11-12,14H,5-8H2,(H,15,16,17);/q;+1/p-1. The van der Waals surface area contributed by atoms with Crippen LogP contribution in [0.15, 0.2) is 24.3 Å². The molecule has 0 aliphatic heterocycles. The third kappa shape index (κ3) is 2.30. The maximum atomic E-state index is 11.5. The Morgan fingerprint density at radius 3 is 1.89 bits per heavy atom. The molecule has 3 rings (SSSR count). The predicted molar refractivity (Wildman–Crippen MR) is 64.7 cm³/mol. The molecule has 98 valence electrons. The molecule has 1 N–H and O–H groups in total. The molecule has 2 atom stereocenters. The second-order valence-electron chi connectivity index (χ2n) is 5.35. The summed E-state index contributed by atoms with van der Waals surface area (Å²) in [6.07, 6.45) is 2.17. The number of fused-ring (bicyclic) bond motifs is 3. The van der Waals surface area contributed by atoms with Crippen LogP contribution in [0.25, 0.3) is 0 Å². The third-order valence-electron chi connectivity index (χ3n) is 4.48. The average Bonchev–Trinajstić information content (AvgIpc) is 2.52. The Labute approximate surface area is 135 Å². The van der Waals surface area contributed by atoms with Gasteiger partial charge in [0.25, 0.3) is 0 Å². The Balaban J connectivity index is 0.00000133. The number of rotatable bonds is 1. The van der Waals surface area contributed by atoms with Crippen LogP contribution in [0.4, 0.5) is 0 Å². The van der Waals surface area contributed by atoms with Crippen molar-refractivity contribution in [1.82, 2.24) is 0 Å². The summed E-state index contributed by atoms with van der Waals surface area (Å²) in [6, 6.07) is 7.72. The van der Waals surface area contributed by atoms with Gasteiger partial charge in [-0.1, -0.05) is 24.3 Å². The Morgan fingerprint density at radius 1 is 1.11 bits per heavy atom. The van der Waals surface area contributed by atoms with Gasteiger partial charge in [-0.05, 0) is 36.8 Å². The number of aliphatic hydroxyl groups is 1. The van der Waals surface area contributed by atoms with E-state index in [4.69, 9.17) is 0 Å². The molecule has 0 saturated heterocycles. The fourth-order valence-electron chi connectivity index (χ4n) is 3.54. The van der Waals surface area contributed by atoms with Gasteiger partial charge in [-0.25, -0.2) is 8.42 Å². The molecule has 0 heterocycles. The van der Waals surface area contributed by atoms with Crippen molar-refractivity contribution in [3.63, 3.8) is 0 Å². The quantitative estimate of drug-likeness (QED) is 0.482. The van der Waals surface area contributed by atoms with Crippen LogP contribution in [0.2, 0.25) is 0 Å². The van der Waals surface area contributed by atoms with Crippen molar-refractivity contribution in [2.75, 3.05) is 0 Å². The molecule has 1 saturated carbocycles. The van der Waals surface area contributed by atoms with Gasteiger partial charge < -0.3 is 9.66 Å². The van der Waals surface area contributed by atoms with Crippen molar-refractivity contribution < 1.29 is 47.6 Å². The fraction of sp³-hybridized carbons (Fsp3) is 0.538. The van der Waals surface area contributed by atoms with Gasteiger partial charge in [0, 0.05) is 11.8 Å². The van der Waals surface area contributed by atoms with Gasteiger partial charge in [0.2, 0.25) is 0 Å². The van der Waals surface area contributed by atoms with E-state index < -0.39 is 26.9 Å².